The van der Waals surface area contributed by atoms with Gasteiger partial charge in [-0.2, -0.15) is 13.2 Å². The molecule has 0 saturated heterocycles. The van der Waals surface area contributed by atoms with Crippen molar-refractivity contribution in [1.29, 1.82) is 0 Å². The number of nitrogens with zero attached hydrogens (tertiary/aromatic N) is 1. The minimum atomic E-state index is -4.33. The zero-order valence-corrected chi connectivity index (χ0v) is 10.0. The maximum atomic E-state index is 13.5. The largest absolute Gasteiger partial charge is 0.390 e. The molecule has 0 aliphatic carbocycles. The van der Waals surface area contributed by atoms with E-state index < -0.39 is 30.9 Å². The van der Waals surface area contributed by atoms with Gasteiger partial charge in [0.25, 0.3) is 5.91 Å². The predicted octanol–water partition coefficient (Wildman–Crippen LogP) is 3.16. The quantitative estimate of drug-likeness (QED) is 0.767. The lowest BCUT2D eigenvalue weighted by Gasteiger charge is -2.18. The number of benzene rings is 1. The Morgan fingerprint density at radius 2 is 1.94 bits per heavy atom. The van der Waals surface area contributed by atoms with Gasteiger partial charge in [-0.15, -0.1) is 0 Å². The summed E-state index contributed by atoms with van der Waals surface area (Å²) in [5.74, 6) is -1.48. The Bertz CT molecular complexity index is 442. The predicted molar refractivity (Wildman–Crippen MR) is 58.8 cm³/mol. The second kappa shape index (κ2) is 5.37. The molecule has 0 radical (unpaired) electrons. The average Bonchev–Trinajstić information content (AvgIpc) is 2.24. The van der Waals surface area contributed by atoms with Crippen molar-refractivity contribution in [2.45, 2.75) is 19.5 Å². The third-order valence-corrected chi connectivity index (χ3v) is 2.43. The van der Waals surface area contributed by atoms with E-state index >= 15 is 0 Å². The standard InChI is InChI=1S/C12H13F4NO/c1-8-3-4-9(10(13)7-8)11(18)17(2)6-5-12(14,15)16/h3-4,7H,5-6H2,1-2H3. The van der Waals surface area contributed by atoms with Crippen LogP contribution in [0.4, 0.5) is 17.6 Å². The number of alkyl halides is 3. The van der Waals surface area contributed by atoms with Crippen LogP contribution >= 0.6 is 0 Å². The van der Waals surface area contributed by atoms with Gasteiger partial charge >= 0.3 is 6.18 Å². The topological polar surface area (TPSA) is 20.3 Å². The van der Waals surface area contributed by atoms with Gasteiger partial charge in [0.1, 0.15) is 5.82 Å². The van der Waals surface area contributed by atoms with E-state index in [1.165, 1.54) is 25.2 Å². The van der Waals surface area contributed by atoms with Crippen molar-refractivity contribution < 1.29 is 22.4 Å². The van der Waals surface area contributed by atoms with Gasteiger partial charge in [-0.3, -0.25) is 4.79 Å². The van der Waals surface area contributed by atoms with Gasteiger partial charge in [0.2, 0.25) is 0 Å². The maximum absolute atomic E-state index is 13.5. The van der Waals surface area contributed by atoms with Crippen molar-refractivity contribution >= 4 is 5.91 Å². The molecular weight excluding hydrogens is 250 g/mol. The number of carbonyl (C=O) groups excluding carboxylic acids is 1. The van der Waals surface area contributed by atoms with Crippen molar-refractivity contribution in [3.8, 4) is 0 Å². The van der Waals surface area contributed by atoms with Gasteiger partial charge in [-0.05, 0) is 24.6 Å². The van der Waals surface area contributed by atoms with E-state index in [-0.39, 0.29) is 5.56 Å². The van der Waals surface area contributed by atoms with Gasteiger partial charge < -0.3 is 4.90 Å². The fraction of sp³-hybridized carbons (Fsp3) is 0.417. The van der Waals surface area contributed by atoms with Gasteiger partial charge in [-0.25, -0.2) is 4.39 Å². The molecule has 100 valence electrons. The first-order valence-corrected chi connectivity index (χ1v) is 5.29. The van der Waals surface area contributed by atoms with Crippen molar-refractivity contribution in [1.82, 2.24) is 4.90 Å². The number of aryl methyl sites for hydroxylation is 1. The summed E-state index contributed by atoms with van der Waals surface area (Å²) in [6, 6.07) is 3.98. The summed E-state index contributed by atoms with van der Waals surface area (Å²) in [6.07, 6.45) is -5.44. The van der Waals surface area contributed by atoms with Crippen LogP contribution in [-0.2, 0) is 0 Å². The molecule has 1 amide bonds. The van der Waals surface area contributed by atoms with E-state index in [2.05, 4.69) is 0 Å². The molecule has 0 N–H and O–H groups in total. The maximum Gasteiger partial charge on any atom is 0.390 e. The van der Waals surface area contributed by atoms with Crippen LogP contribution < -0.4 is 0 Å². The lowest BCUT2D eigenvalue weighted by molar-refractivity contribution is -0.136. The third-order valence-electron chi connectivity index (χ3n) is 2.43. The van der Waals surface area contributed by atoms with E-state index in [1.807, 2.05) is 0 Å². The lowest BCUT2D eigenvalue weighted by atomic mass is 10.1. The Labute approximate surface area is 102 Å². The van der Waals surface area contributed by atoms with Crippen molar-refractivity contribution in [2.24, 2.45) is 0 Å². The first kappa shape index (κ1) is 14.5. The fourth-order valence-electron chi connectivity index (χ4n) is 1.40. The normalized spacial score (nSPS) is 11.4. The van der Waals surface area contributed by atoms with Gasteiger partial charge in [0, 0.05) is 13.6 Å². The molecule has 0 heterocycles. The highest BCUT2D eigenvalue weighted by Gasteiger charge is 2.28. The van der Waals surface area contributed by atoms with Crippen molar-refractivity contribution in [3.05, 3.63) is 35.1 Å². The zero-order chi connectivity index (χ0) is 13.9. The molecule has 1 aromatic rings. The van der Waals surface area contributed by atoms with Crippen LogP contribution in [-0.4, -0.2) is 30.6 Å². The summed E-state index contributed by atoms with van der Waals surface area (Å²) in [6.45, 7) is 1.17. The fourth-order valence-corrected chi connectivity index (χ4v) is 1.40. The molecule has 0 unspecified atom stereocenters. The molecular formula is C12H13F4NO. The Balaban J connectivity index is 2.74. The lowest BCUT2D eigenvalue weighted by Crippen LogP contribution is -2.31. The van der Waals surface area contributed by atoms with Crippen LogP contribution in [0, 0.1) is 12.7 Å². The first-order valence-electron chi connectivity index (χ1n) is 5.29. The summed E-state index contributed by atoms with van der Waals surface area (Å²) in [4.78, 5) is 12.6. The molecule has 0 fully saturated rings. The summed E-state index contributed by atoms with van der Waals surface area (Å²) in [5.41, 5.74) is 0.423. The zero-order valence-electron chi connectivity index (χ0n) is 10.0. The summed E-state index contributed by atoms with van der Waals surface area (Å²) < 4.78 is 49.5. The minimum Gasteiger partial charge on any atom is -0.341 e. The number of hydrogen-bond donors (Lipinski definition) is 0. The average molecular weight is 263 g/mol. The van der Waals surface area contributed by atoms with Gasteiger partial charge in [0.15, 0.2) is 0 Å². The van der Waals surface area contributed by atoms with Crippen LogP contribution in [0.5, 0.6) is 0 Å². The molecule has 0 aromatic heterocycles. The van der Waals surface area contributed by atoms with Crippen LogP contribution in [0.25, 0.3) is 0 Å². The summed E-state index contributed by atoms with van der Waals surface area (Å²) in [7, 11) is 1.22. The molecule has 1 rings (SSSR count). The molecule has 0 atom stereocenters. The Morgan fingerprint density at radius 1 is 1.33 bits per heavy atom. The highest BCUT2D eigenvalue weighted by atomic mass is 19.4. The molecule has 1 aromatic carbocycles. The van der Waals surface area contributed by atoms with E-state index in [0.717, 1.165) is 4.90 Å². The second-order valence-corrected chi connectivity index (χ2v) is 4.08. The van der Waals surface area contributed by atoms with Gasteiger partial charge in [0.05, 0.1) is 12.0 Å². The number of hydrogen-bond acceptors (Lipinski definition) is 1. The smallest absolute Gasteiger partial charge is 0.341 e. The summed E-state index contributed by atoms with van der Waals surface area (Å²) in [5, 5.41) is 0. The van der Waals surface area contributed by atoms with E-state index in [9.17, 15) is 22.4 Å². The highest BCUT2D eigenvalue weighted by Crippen LogP contribution is 2.20. The SMILES string of the molecule is Cc1ccc(C(=O)N(C)CCC(F)(F)F)c(F)c1. The third kappa shape index (κ3) is 4.01. The summed E-state index contributed by atoms with van der Waals surface area (Å²) >= 11 is 0. The van der Waals surface area contributed by atoms with E-state index in [4.69, 9.17) is 0 Å². The Morgan fingerprint density at radius 3 is 2.44 bits per heavy atom. The Hall–Kier alpha value is -1.59. The van der Waals surface area contributed by atoms with Crippen LogP contribution in [0.1, 0.15) is 22.3 Å². The van der Waals surface area contributed by atoms with Gasteiger partial charge in [-0.1, -0.05) is 6.07 Å². The van der Waals surface area contributed by atoms with E-state index in [1.54, 1.807) is 6.92 Å². The molecule has 0 bridgehead atoms. The molecule has 6 heteroatoms. The molecule has 0 saturated carbocycles. The first-order chi connectivity index (χ1) is 8.20. The van der Waals surface area contributed by atoms with Crippen molar-refractivity contribution in [3.63, 3.8) is 0 Å². The molecule has 0 aliphatic rings. The van der Waals surface area contributed by atoms with Crippen molar-refractivity contribution in [2.75, 3.05) is 13.6 Å². The van der Waals surface area contributed by atoms with E-state index in [0.29, 0.717) is 5.56 Å². The number of halogens is 4. The second-order valence-electron chi connectivity index (χ2n) is 4.08. The number of rotatable bonds is 3. The highest BCUT2D eigenvalue weighted by molar-refractivity contribution is 5.94. The number of carbonyl (C=O) groups is 1. The molecule has 18 heavy (non-hydrogen) atoms. The molecule has 0 spiro atoms. The number of amides is 1. The minimum absolute atomic E-state index is 0.217. The monoisotopic (exact) mass is 263 g/mol. The molecule has 0 aliphatic heterocycles. The van der Waals surface area contributed by atoms with Crippen LogP contribution in [0.15, 0.2) is 18.2 Å². The Kier molecular flexibility index (Phi) is 4.32. The molecule has 2 nitrogen and oxygen atoms in total. The van der Waals surface area contributed by atoms with Crippen LogP contribution in [0.2, 0.25) is 0 Å². The van der Waals surface area contributed by atoms with Crippen LogP contribution in [0.3, 0.4) is 0 Å².